The average Bonchev–Trinajstić information content (AvgIpc) is 3.65. The van der Waals surface area contributed by atoms with Gasteiger partial charge in [-0.25, -0.2) is 4.79 Å². The van der Waals surface area contributed by atoms with Crippen molar-refractivity contribution in [3.63, 3.8) is 0 Å². The summed E-state index contributed by atoms with van der Waals surface area (Å²) in [5.74, 6) is 0.220. The first-order valence-corrected chi connectivity index (χ1v) is 12.3. The highest BCUT2D eigenvalue weighted by atomic mass is 16.6. The molecule has 0 aliphatic heterocycles. The zero-order chi connectivity index (χ0) is 25.9. The lowest BCUT2D eigenvalue weighted by Crippen LogP contribution is -2.32. The summed E-state index contributed by atoms with van der Waals surface area (Å²) < 4.78 is 5.37. The summed E-state index contributed by atoms with van der Waals surface area (Å²) in [4.78, 5) is 34.6. The number of pyridine rings is 2. The lowest BCUT2D eigenvalue weighted by atomic mass is 9.97. The summed E-state index contributed by atoms with van der Waals surface area (Å²) in [5, 5.41) is 6.02. The van der Waals surface area contributed by atoms with Gasteiger partial charge in [-0.15, -0.1) is 0 Å². The molecule has 4 rings (SSSR count). The average molecular weight is 487 g/mol. The number of hydrogen-bond donors (Lipinski definition) is 2. The van der Waals surface area contributed by atoms with Gasteiger partial charge in [0.25, 0.3) is 5.91 Å². The topological polar surface area (TPSA) is 93.2 Å². The Morgan fingerprint density at radius 1 is 1.08 bits per heavy atom. The Morgan fingerprint density at radius 3 is 2.53 bits per heavy atom. The fourth-order valence-electron chi connectivity index (χ4n) is 4.15. The molecule has 2 heterocycles. The number of aromatic nitrogens is 2. The maximum atomic E-state index is 13.5. The van der Waals surface area contributed by atoms with Gasteiger partial charge in [0.1, 0.15) is 5.60 Å². The van der Waals surface area contributed by atoms with Gasteiger partial charge < -0.3 is 15.4 Å². The first kappa shape index (κ1) is 25.4. The van der Waals surface area contributed by atoms with Gasteiger partial charge in [-0.2, -0.15) is 0 Å². The molecule has 3 aromatic rings. The number of alkyl carbamates (subject to hydrolysis) is 1. The van der Waals surface area contributed by atoms with E-state index < -0.39 is 11.7 Å². The van der Waals surface area contributed by atoms with Crippen LogP contribution in [0.2, 0.25) is 0 Å². The standard InChI is InChI=1S/C29H34N4O3/c1-18-8-11-31-25(12-18)26(21-6-7-21)33-27(34)23-14-20(16-32-28(35)36-29(3,4)5)13-22(15-23)24-17-30-10-9-19(24)2/h8-15,17,21,26H,6-7,16H2,1-5H3,(H,32,35)(H,33,34). The second-order valence-corrected chi connectivity index (χ2v) is 10.5. The predicted molar refractivity (Wildman–Crippen MR) is 139 cm³/mol. The highest BCUT2D eigenvalue weighted by Gasteiger charge is 2.34. The molecule has 36 heavy (non-hydrogen) atoms. The van der Waals surface area contributed by atoms with E-state index in [1.807, 2.05) is 71.0 Å². The van der Waals surface area contributed by atoms with Crippen LogP contribution in [0, 0.1) is 19.8 Å². The Balaban J connectivity index is 1.62. The summed E-state index contributed by atoms with van der Waals surface area (Å²) in [6.07, 6.45) is 6.96. The first-order chi connectivity index (χ1) is 17.1. The van der Waals surface area contributed by atoms with Gasteiger partial charge in [-0.05, 0) is 112 Å². The highest BCUT2D eigenvalue weighted by molar-refractivity contribution is 5.96. The quantitative estimate of drug-likeness (QED) is 0.449. The van der Waals surface area contributed by atoms with Crippen LogP contribution in [0.3, 0.4) is 0 Å². The molecule has 1 fully saturated rings. The summed E-state index contributed by atoms with van der Waals surface area (Å²) in [6.45, 7) is 9.73. The minimum atomic E-state index is -0.592. The van der Waals surface area contributed by atoms with Crippen LogP contribution in [0.5, 0.6) is 0 Å². The van der Waals surface area contributed by atoms with Crippen LogP contribution in [0.15, 0.2) is 55.0 Å². The van der Waals surface area contributed by atoms with Crippen molar-refractivity contribution in [3.05, 3.63) is 82.9 Å². The zero-order valence-corrected chi connectivity index (χ0v) is 21.6. The number of nitrogens with one attached hydrogen (secondary N) is 2. The molecule has 0 saturated heterocycles. The predicted octanol–water partition coefficient (Wildman–Crippen LogP) is 5.67. The molecule has 2 aromatic heterocycles. The fraction of sp³-hybridized carbons (Fsp3) is 0.379. The summed E-state index contributed by atoms with van der Waals surface area (Å²) in [6, 6.07) is 11.5. The van der Waals surface area contributed by atoms with Crippen LogP contribution in [-0.2, 0) is 11.3 Å². The van der Waals surface area contributed by atoms with Gasteiger partial charge in [0, 0.05) is 36.3 Å². The third-order valence-electron chi connectivity index (χ3n) is 6.08. The van der Waals surface area contributed by atoms with Crippen LogP contribution < -0.4 is 10.6 Å². The Bertz CT molecular complexity index is 1260. The molecule has 7 nitrogen and oxygen atoms in total. The van der Waals surface area contributed by atoms with Gasteiger partial charge in [0.2, 0.25) is 0 Å². The second kappa shape index (κ2) is 10.5. The van der Waals surface area contributed by atoms with Crippen LogP contribution in [0.4, 0.5) is 4.79 Å². The molecule has 7 heteroatoms. The van der Waals surface area contributed by atoms with Gasteiger partial charge in [-0.3, -0.25) is 14.8 Å². The van der Waals surface area contributed by atoms with Crippen molar-refractivity contribution in [2.24, 2.45) is 5.92 Å². The zero-order valence-electron chi connectivity index (χ0n) is 21.6. The second-order valence-electron chi connectivity index (χ2n) is 10.5. The molecular weight excluding hydrogens is 452 g/mol. The van der Waals surface area contributed by atoms with Gasteiger partial charge in [0.05, 0.1) is 11.7 Å². The van der Waals surface area contributed by atoms with Crippen molar-refractivity contribution in [3.8, 4) is 11.1 Å². The number of carbonyl (C=O) groups is 2. The van der Waals surface area contributed by atoms with Crippen molar-refractivity contribution < 1.29 is 14.3 Å². The summed E-state index contributed by atoms with van der Waals surface area (Å²) >= 11 is 0. The van der Waals surface area contributed by atoms with Crippen LogP contribution in [-0.4, -0.2) is 27.6 Å². The number of amides is 2. The number of hydrogen-bond acceptors (Lipinski definition) is 5. The molecule has 188 valence electrons. The monoisotopic (exact) mass is 486 g/mol. The van der Waals surface area contributed by atoms with Crippen molar-refractivity contribution in [1.29, 1.82) is 0 Å². The lowest BCUT2D eigenvalue weighted by molar-refractivity contribution is 0.0523. The molecule has 0 bridgehead atoms. The third kappa shape index (κ3) is 6.68. The van der Waals surface area contributed by atoms with E-state index in [0.29, 0.717) is 11.5 Å². The molecular formula is C29H34N4O3. The first-order valence-electron chi connectivity index (χ1n) is 12.3. The van der Waals surface area contributed by atoms with Crippen LogP contribution in [0.25, 0.3) is 11.1 Å². The van der Waals surface area contributed by atoms with E-state index in [0.717, 1.165) is 46.4 Å². The Labute approximate surface area is 212 Å². The molecule has 1 atom stereocenters. The number of nitrogens with zero attached hydrogens (tertiary/aromatic N) is 2. The number of rotatable bonds is 7. The Morgan fingerprint density at radius 2 is 1.86 bits per heavy atom. The fourth-order valence-corrected chi connectivity index (χ4v) is 4.15. The van der Waals surface area contributed by atoms with Crippen LogP contribution in [0.1, 0.15) is 72.4 Å². The van der Waals surface area contributed by atoms with Gasteiger partial charge >= 0.3 is 6.09 Å². The maximum absolute atomic E-state index is 13.5. The SMILES string of the molecule is Cc1ccnc(C(NC(=O)c2cc(CNC(=O)OC(C)(C)C)cc(-c3cnccc3C)c2)C2CC2)c1. The molecule has 0 spiro atoms. The van der Waals surface area contributed by atoms with Crippen molar-refractivity contribution in [2.45, 2.75) is 65.6 Å². The Hall–Kier alpha value is -3.74. The number of ether oxygens (including phenoxy) is 1. The van der Waals surface area contributed by atoms with Crippen LogP contribution >= 0.6 is 0 Å². The number of carbonyl (C=O) groups excluding carboxylic acids is 2. The molecule has 2 N–H and O–H groups in total. The van der Waals surface area contributed by atoms with Gasteiger partial charge in [-0.1, -0.05) is 0 Å². The minimum absolute atomic E-state index is 0.135. The van der Waals surface area contributed by atoms with E-state index in [-0.39, 0.29) is 18.5 Å². The molecule has 2 amide bonds. The largest absolute Gasteiger partial charge is 0.444 e. The van der Waals surface area contributed by atoms with Crippen molar-refractivity contribution in [2.75, 3.05) is 0 Å². The van der Waals surface area contributed by atoms with E-state index >= 15 is 0 Å². The van der Waals surface area contributed by atoms with Crippen molar-refractivity contribution >= 4 is 12.0 Å². The Kier molecular flexibility index (Phi) is 7.38. The smallest absolute Gasteiger partial charge is 0.407 e. The third-order valence-corrected chi connectivity index (χ3v) is 6.08. The summed E-state index contributed by atoms with van der Waals surface area (Å²) in [7, 11) is 0. The van der Waals surface area contributed by atoms with Crippen molar-refractivity contribution in [1.82, 2.24) is 20.6 Å². The van der Waals surface area contributed by atoms with E-state index in [1.54, 1.807) is 18.6 Å². The van der Waals surface area contributed by atoms with E-state index in [4.69, 9.17) is 4.74 Å². The molecule has 1 saturated carbocycles. The maximum Gasteiger partial charge on any atom is 0.407 e. The lowest BCUT2D eigenvalue weighted by Gasteiger charge is -2.20. The van der Waals surface area contributed by atoms with E-state index in [2.05, 4.69) is 20.6 Å². The van der Waals surface area contributed by atoms with Gasteiger partial charge in [0.15, 0.2) is 0 Å². The molecule has 1 aliphatic rings. The minimum Gasteiger partial charge on any atom is -0.444 e. The molecule has 0 radical (unpaired) electrons. The normalized spacial score (nSPS) is 14.1. The number of benzene rings is 1. The summed E-state index contributed by atoms with van der Waals surface area (Å²) in [5.41, 5.74) is 5.58. The number of aryl methyl sites for hydroxylation is 2. The molecule has 1 aromatic carbocycles. The molecule has 1 unspecified atom stereocenters. The molecule has 1 aliphatic carbocycles. The highest BCUT2D eigenvalue weighted by Crippen LogP contribution is 2.40. The van der Waals surface area contributed by atoms with E-state index in [1.165, 1.54) is 0 Å². The van der Waals surface area contributed by atoms with E-state index in [9.17, 15) is 9.59 Å².